The van der Waals surface area contributed by atoms with Gasteiger partial charge < -0.3 is 9.67 Å². The van der Waals surface area contributed by atoms with Gasteiger partial charge in [0.25, 0.3) is 0 Å². The van der Waals surface area contributed by atoms with Crippen LogP contribution in [0.1, 0.15) is 33.9 Å². The van der Waals surface area contributed by atoms with Crippen molar-refractivity contribution >= 4 is 17.7 Å². The van der Waals surface area contributed by atoms with Gasteiger partial charge in [0.05, 0.1) is 5.56 Å². The number of carbonyl (C=O) groups is 1. The molecule has 2 heterocycles. The van der Waals surface area contributed by atoms with Crippen LogP contribution in [-0.4, -0.2) is 30.8 Å². The van der Waals surface area contributed by atoms with Crippen LogP contribution < -0.4 is 0 Å². The molecule has 0 saturated heterocycles. The van der Waals surface area contributed by atoms with E-state index in [9.17, 15) is 9.90 Å². The number of carboxylic acid groups (broad SMARTS) is 1. The molecule has 2 aromatic heterocycles. The Bertz CT molecular complexity index is 696. The predicted octanol–water partition coefficient (Wildman–Crippen LogP) is 1.86. The van der Waals surface area contributed by atoms with E-state index in [4.69, 9.17) is 0 Å². The summed E-state index contributed by atoms with van der Waals surface area (Å²) >= 11 is 1.25. The van der Waals surface area contributed by atoms with E-state index < -0.39 is 5.97 Å². The molecule has 0 unspecified atom stereocenters. The van der Waals surface area contributed by atoms with Crippen LogP contribution in [0.4, 0.5) is 0 Å². The summed E-state index contributed by atoms with van der Waals surface area (Å²) in [5, 5.41) is 18.5. The van der Waals surface area contributed by atoms with Gasteiger partial charge in [-0.05, 0) is 49.6 Å². The summed E-state index contributed by atoms with van der Waals surface area (Å²) in [7, 11) is 1.85. The molecule has 0 amide bonds. The molecule has 0 radical (unpaired) electrons. The molecule has 0 saturated carbocycles. The first-order valence-electron chi connectivity index (χ1n) is 6.36. The van der Waals surface area contributed by atoms with Gasteiger partial charge in [0.2, 0.25) is 0 Å². The molecule has 0 fully saturated rings. The van der Waals surface area contributed by atoms with E-state index in [0.717, 1.165) is 36.3 Å². The first-order valence-corrected chi connectivity index (χ1v) is 7.18. The zero-order chi connectivity index (χ0) is 14.3. The minimum Gasteiger partial charge on any atom is -0.478 e. The fourth-order valence-electron chi connectivity index (χ4n) is 2.25. The Hall–Kier alpha value is -1.89. The summed E-state index contributed by atoms with van der Waals surface area (Å²) in [5.41, 5.74) is 2.31. The van der Waals surface area contributed by atoms with Crippen molar-refractivity contribution in [1.29, 1.82) is 0 Å². The number of pyridine rings is 1. The number of aromatic nitrogens is 4. The average molecular weight is 290 g/mol. The summed E-state index contributed by atoms with van der Waals surface area (Å²) < 4.78 is 1.82. The minimum atomic E-state index is -0.950. The van der Waals surface area contributed by atoms with Crippen LogP contribution in [0.5, 0.6) is 0 Å². The third-order valence-electron chi connectivity index (χ3n) is 3.49. The van der Waals surface area contributed by atoms with Gasteiger partial charge in [0, 0.05) is 12.7 Å². The topological polar surface area (TPSA) is 80.9 Å². The Morgan fingerprint density at radius 2 is 2.20 bits per heavy atom. The lowest BCUT2D eigenvalue weighted by atomic mass is 10.1. The highest BCUT2D eigenvalue weighted by Crippen LogP contribution is 2.31. The lowest BCUT2D eigenvalue weighted by Gasteiger charge is -2.08. The normalized spacial score (nSPS) is 13.5. The van der Waals surface area contributed by atoms with E-state index in [2.05, 4.69) is 15.2 Å². The monoisotopic (exact) mass is 290 g/mol. The zero-order valence-electron chi connectivity index (χ0n) is 11.3. The van der Waals surface area contributed by atoms with Crippen molar-refractivity contribution in [2.24, 2.45) is 7.05 Å². The van der Waals surface area contributed by atoms with E-state index in [1.165, 1.54) is 11.8 Å². The van der Waals surface area contributed by atoms with Crippen LogP contribution in [0, 0.1) is 6.92 Å². The molecule has 0 bridgehead atoms. The zero-order valence-corrected chi connectivity index (χ0v) is 12.1. The first-order chi connectivity index (χ1) is 9.56. The molecule has 6 nitrogen and oxygen atoms in total. The predicted molar refractivity (Wildman–Crippen MR) is 73.1 cm³/mol. The van der Waals surface area contributed by atoms with Crippen LogP contribution in [0.2, 0.25) is 0 Å². The summed E-state index contributed by atoms with van der Waals surface area (Å²) in [6, 6.07) is 1.75. The molecule has 1 aliphatic carbocycles. The Morgan fingerprint density at radius 3 is 2.85 bits per heavy atom. The molecule has 1 N–H and O–H groups in total. The van der Waals surface area contributed by atoms with E-state index in [1.54, 1.807) is 6.07 Å². The van der Waals surface area contributed by atoms with E-state index in [-0.39, 0.29) is 5.56 Å². The molecule has 0 aromatic carbocycles. The number of hydrogen-bond donors (Lipinski definition) is 1. The SMILES string of the molecule is Cc1nnc(Sc2nc3c(cc2C(=O)O)CCC3)n1C. The molecular weight excluding hydrogens is 276 g/mol. The molecular formula is C13H14N4O2S. The fourth-order valence-corrected chi connectivity index (χ4v) is 3.18. The van der Waals surface area contributed by atoms with E-state index >= 15 is 0 Å². The highest BCUT2D eigenvalue weighted by Gasteiger charge is 2.21. The Balaban J connectivity index is 2.04. The second kappa shape index (κ2) is 4.90. The molecule has 0 atom stereocenters. The maximum Gasteiger partial charge on any atom is 0.338 e. The van der Waals surface area contributed by atoms with Crippen molar-refractivity contribution in [3.63, 3.8) is 0 Å². The van der Waals surface area contributed by atoms with Crippen molar-refractivity contribution in [3.8, 4) is 0 Å². The largest absolute Gasteiger partial charge is 0.478 e. The van der Waals surface area contributed by atoms with Crippen molar-refractivity contribution in [3.05, 3.63) is 28.7 Å². The van der Waals surface area contributed by atoms with Crippen LogP contribution in [0.15, 0.2) is 16.2 Å². The van der Waals surface area contributed by atoms with E-state index in [0.29, 0.717) is 10.2 Å². The number of hydrogen-bond acceptors (Lipinski definition) is 5. The molecule has 104 valence electrons. The quantitative estimate of drug-likeness (QED) is 0.929. The second-order valence-electron chi connectivity index (χ2n) is 4.80. The third kappa shape index (κ3) is 2.18. The molecule has 2 aromatic rings. The lowest BCUT2D eigenvalue weighted by Crippen LogP contribution is -2.05. The molecule has 1 aliphatic rings. The fraction of sp³-hybridized carbons (Fsp3) is 0.385. The Labute approximate surface area is 120 Å². The van der Waals surface area contributed by atoms with Gasteiger partial charge in [-0.3, -0.25) is 0 Å². The molecule has 0 aliphatic heterocycles. The highest BCUT2D eigenvalue weighted by molar-refractivity contribution is 7.99. The van der Waals surface area contributed by atoms with Crippen molar-refractivity contribution in [1.82, 2.24) is 19.7 Å². The molecule has 0 spiro atoms. The van der Waals surface area contributed by atoms with Gasteiger partial charge in [-0.25, -0.2) is 9.78 Å². The number of rotatable bonds is 3. The second-order valence-corrected chi connectivity index (χ2v) is 5.75. The van der Waals surface area contributed by atoms with Gasteiger partial charge in [-0.1, -0.05) is 0 Å². The van der Waals surface area contributed by atoms with Crippen molar-refractivity contribution in [2.45, 2.75) is 36.4 Å². The number of nitrogens with zero attached hydrogens (tertiary/aromatic N) is 4. The number of fused-ring (bicyclic) bond motifs is 1. The maximum absolute atomic E-state index is 11.4. The highest BCUT2D eigenvalue weighted by atomic mass is 32.2. The van der Waals surface area contributed by atoms with E-state index in [1.807, 2.05) is 18.5 Å². The first kappa shape index (κ1) is 13.1. The molecule has 7 heteroatoms. The van der Waals surface area contributed by atoms with Crippen LogP contribution >= 0.6 is 11.8 Å². The summed E-state index contributed by atoms with van der Waals surface area (Å²) in [5.74, 6) is -0.167. The van der Waals surface area contributed by atoms with Crippen molar-refractivity contribution < 1.29 is 9.90 Å². The minimum absolute atomic E-state index is 0.247. The Morgan fingerprint density at radius 1 is 1.40 bits per heavy atom. The van der Waals surface area contributed by atoms with Crippen LogP contribution in [0.3, 0.4) is 0 Å². The van der Waals surface area contributed by atoms with Crippen LogP contribution in [0.25, 0.3) is 0 Å². The number of aromatic carboxylic acids is 1. The maximum atomic E-state index is 11.4. The van der Waals surface area contributed by atoms with Gasteiger partial charge in [0.15, 0.2) is 5.16 Å². The smallest absolute Gasteiger partial charge is 0.338 e. The number of carboxylic acids is 1. The summed E-state index contributed by atoms with van der Waals surface area (Å²) in [6.07, 6.45) is 2.87. The average Bonchev–Trinajstić information content (AvgIpc) is 2.99. The Kier molecular flexibility index (Phi) is 3.21. The lowest BCUT2D eigenvalue weighted by molar-refractivity contribution is 0.0692. The van der Waals surface area contributed by atoms with Crippen LogP contribution in [-0.2, 0) is 19.9 Å². The number of aryl methyl sites for hydroxylation is 3. The van der Waals surface area contributed by atoms with Gasteiger partial charge >= 0.3 is 5.97 Å². The summed E-state index contributed by atoms with van der Waals surface area (Å²) in [4.78, 5) is 15.9. The third-order valence-corrected chi connectivity index (χ3v) is 4.53. The van der Waals surface area contributed by atoms with Gasteiger partial charge in [-0.2, -0.15) is 0 Å². The van der Waals surface area contributed by atoms with Crippen molar-refractivity contribution in [2.75, 3.05) is 0 Å². The molecule has 20 heavy (non-hydrogen) atoms. The standard InChI is InChI=1S/C13H14N4O2S/c1-7-15-16-13(17(7)2)20-11-9(12(18)19)6-8-4-3-5-10(8)14-11/h6H,3-5H2,1-2H3,(H,18,19). The summed E-state index contributed by atoms with van der Waals surface area (Å²) in [6.45, 7) is 1.85. The van der Waals surface area contributed by atoms with Gasteiger partial charge in [-0.15, -0.1) is 10.2 Å². The molecule has 3 rings (SSSR count). The van der Waals surface area contributed by atoms with Gasteiger partial charge in [0.1, 0.15) is 10.9 Å².